The maximum Gasteiger partial charge on any atom is 0.336 e. The van der Waals surface area contributed by atoms with Crippen molar-refractivity contribution in [3.8, 4) is 16.9 Å². The topological polar surface area (TPSA) is 46.5 Å². The Bertz CT molecular complexity index is 851. The van der Waals surface area contributed by atoms with E-state index in [-0.39, 0.29) is 0 Å². The minimum Gasteiger partial charge on any atom is -0.496 e. The van der Waals surface area contributed by atoms with Gasteiger partial charge < -0.3 is 9.84 Å². The lowest BCUT2D eigenvalue weighted by molar-refractivity contribution is 0.0696. The van der Waals surface area contributed by atoms with Gasteiger partial charge >= 0.3 is 5.97 Å². The molecule has 0 heterocycles. The molecule has 0 unspecified atom stereocenters. The minimum absolute atomic E-state index is 0.293. The van der Waals surface area contributed by atoms with E-state index in [1.807, 2.05) is 54.6 Å². The quantitative estimate of drug-likeness (QED) is 0.772. The largest absolute Gasteiger partial charge is 0.496 e. The van der Waals surface area contributed by atoms with Crippen LogP contribution in [-0.2, 0) is 0 Å². The smallest absolute Gasteiger partial charge is 0.336 e. The van der Waals surface area contributed by atoms with Crippen LogP contribution in [0.1, 0.15) is 15.9 Å². The molecule has 0 aliphatic carbocycles. The number of benzene rings is 3. The average Bonchev–Trinajstić information content (AvgIpc) is 2.54. The third-order valence-corrected chi connectivity index (χ3v) is 3.89. The molecule has 1 N–H and O–H groups in total. The van der Waals surface area contributed by atoms with E-state index in [0.717, 1.165) is 21.9 Å². The highest BCUT2D eigenvalue weighted by atomic mass is 16.5. The molecule has 3 aromatic rings. The molecule has 3 heteroatoms. The highest BCUT2D eigenvalue weighted by Crippen LogP contribution is 2.40. The van der Waals surface area contributed by atoms with E-state index in [4.69, 9.17) is 4.74 Å². The summed E-state index contributed by atoms with van der Waals surface area (Å²) < 4.78 is 5.48. The zero-order valence-corrected chi connectivity index (χ0v) is 12.5. The number of carboxylic acid groups (broad SMARTS) is 1. The number of hydrogen-bond donors (Lipinski definition) is 1. The number of ether oxygens (including phenoxy) is 1. The van der Waals surface area contributed by atoms with Crippen LogP contribution in [0.5, 0.6) is 5.75 Å². The molecule has 110 valence electrons. The summed E-state index contributed by atoms with van der Waals surface area (Å²) in [6, 6.07) is 17.3. The Kier molecular flexibility index (Phi) is 3.55. The molecule has 0 bridgehead atoms. The van der Waals surface area contributed by atoms with E-state index in [1.165, 1.54) is 0 Å². The van der Waals surface area contributed by atoms with Crippen molar-refractivity contribution in [1.29, 1.82) is 0 Å². The van der Waals surface area contributed by atoms with Crippen molar-refractivity contribution < 1.29 is 14.6 Å². The van der Waals surface area contributed by atoms with Gasteiger partial charge in [-0.05, 0) is 17.9 Å². The SMILES string of the molecule is COc1c(C)c(C(=O)O)c(-c2ccccc2)c2ccccc12. The van der Waals surface area contributed by atoms with Crippen molar-refractivity contribution in [2.45, 2.75) is 6.92 Å². The maximum atomic E-state index is 11.9. The fraction of sp³-hybridized carbons (Fsp3) is 0.105. The molecule has 22 heavy (non-hydrogen) atoms. The van der Waals surface area contributed by atoms with Crippen molar-refractivity contribution in [3.05, 3.63) is 65.7 Å². The second-order valence-electron chi connectivity index (χ2n) is 5.13. The molecule has 3 aromatic carbocycles. The number of aromatic carboxylic acids is 1. The zero-order chi connectivity index (χ0) is 15.7. The van der Waals surface area contributed by atoms with Gasteiger partial charge in [-0.1, -0.05) is 54.6 Å². The van der Waals surface area contributed by atoms with Crippen LogP contribution in [0.4, 0.5) is 0 Å². The molecular formula is C19H16O3. The lowest BCUT2D eigenvalue weighted by Gasteiger charge is -2.17. The van der Waals surface area contributed by atoms with Crippen molar-refractivity contribution >= 4 is 16.7 Å². The van der Waals surface area contributed by atoms with Gasteiger partial charge in [0.2, 0.25) is 0 Å². The van der Waals surface area contributed by atoms with Crippen LogP contribution >= 0.6 is 0 Å². The van der Waals surface area contributed by atoms with Crippen molar-refractivity contribution in [2.24, 2.45) is 0 Å². The number of rotatable bonds is 3. The normalized spacial score (nSPS) is 10.6. The van der Waals surface area contributed by atoms with E-state index in [2.05, 4.69) is 0 Å². The van der Waals surface area contributed by atoms with E-state index in [0.29, 0.717) is 16.9 Å². The summed E-state index contributed by atoms with van der Waals surface area (Å²) in [5.41, 5.74) is 2.57. The fourth-order valence-corrected chi connectivity index (χ4v) is 2.97. The summed E-state index contributed by atoms with van der Waals surface area (Å²) in [7, 11) is 1.57. The van der Waals surface area contributed by atoms with Crippen molar-refractivity contribution in [1.82, 2.24) is 0 Å². The predicted molar refractivity (Wildman–Crippen MR) is 87.6 cm³/mol. The van der Waals surface area contributed by atoms with Gasteiger partial charge in [0.15, 0.2) is 0 Å². The molecular weight excluding hydrogens is 276 g/mol. The number of carboxylic acids is 1. The molecule has 3 rings (SSSR count). The first-order valence-corrected chi connectivity index (χ1v) is 7.03. The summed E-state index contributed by atoms with van der Waals surface area (Å²) in [6.07, 6.45) is 0. The van der Waals surface area contributed by atoms with Crippen LogP contribution in [0.3, 0.4) is 0 Å². The van der Waals surface area contributed by atoms with Gasteiger partial charge in [-0.3, -0.25) is 0 Å². The van der Waals surface area contributed by atoms with Crippen LogP contribution in [0.25, 0.3) is 21.9 Å². The standard InChI is InChI=1S/C19H16O3/c1-12-16(19(20)21)17(13-8-4-3-5-9-13)14-10-6-7-11-15(14)18(12)22-2/h3-11H,1-2H3,(H,20,21). The molecule has 3 nitrogen and oxygen atoms in total. The summed E-state index contributed by atoms with van der Waals surface area (Å²) in [5, 5.41) is 11.5. The molecule has 0 spiro atoms. The first kappa shape index (κ1) is 14.1. The van der Waals surface area contributed by atoms with Crippen LogP contribution in [0.15, 0.2) is 54.6 Å². The van der Waals surface area contributed by atoms with Gasteiger partial charge in [-0.15, -0.1) is 0 Å². The van der Waals surface area contributed by atoms with E-state index in [9.17, 15) is 9.90 Å². The number of methoxy groups -OCH3 is 1. The molecule has 0 amide bonds. The monoisotopic (exact) mass is 292 g/mol. The summed E-state index contributed by atoms with van der Waals surface area (Å²) in [6.45, 7) is 1.79. The Labute approximate surface area is 128 Å². The second-order valence-corrected chi connectivity index (χ2v) is 5.13. The summed E-state index contributed by atoms with van der Waals surface area (Å²) >= 11 is 0. The molecule has 0 saturated heterocycles. The van der Waals surface area contributed by atoms with Gasteiger partial charge in [0.1, 0.15) is 5.75 Å². The first-order valence-electron chi connectivity index (χ1n) is 7.03. The fourth-order valence-electron chi connectivity index (χ4n) is 2.97. The predicted octanol–water partition coefficient (Wildman–Crippen LogP) is 4.52. The Morgan fingerprint density at radius 2 is 1.55 bits per heavy atom. The molecule has 0 fully saturated rings. The second kappa shape index (κ2) is 5.53. The van der Waals surface area contributed by atoms with Gasteiger partial charge in [-0.25, -0.2) is 4.79 Å². The molecule has 0 atom stereocenters. The molecule has 0 aliphatic heterocycles. The molecule has 0 radical (unpaired) electrons. The Morgan fingerprint density at radius 1 is 0.955 bits per heavy atom. The molecule has 0 saturated carbocycles. The van der Waals surface area contributed by atoms with Crippen molar-refractivity contribution in [2.75, 3.05) is 7.11 Å². The third kappa shape index (κ3) is 2.11. The Hall–Kier alpha value is -2.81. The highest BCUT2D eigenvalue weighted by Gasteiger charge is 2.22. The zero-order valence-electron chi connectivity index (χ0n) is 12.5. The van der Waals surface area contributed by atoms with E-state index >= 15 is 0 Å². The third-order valence-electron chi connectivity index (χ3n) is 3.89. The Balaban J connectivity index is 2.54. The number of hydrogen-bond acceptors (Lipinski definition) is 2. The molecule has 0 aliphatic rings. The molecule has 0 aromatic heterocycles. The van der Waals surface area contributed by atoms with Crippen LogP contribution in [0.2, 0.25) is 0 Å². The van der Waals surface area contributed by atoms with Gasteiger partial charge in [0.25, 0.3) is 0 Å². The first-order chi connectivity index (χ1) is 10.6. The lowest BCUT2D eigenvalue weighted by Crippen LogP contribution is -2.06. The lowest BCUT2D eigenvalue weighted by atomic mass is 9.89. The minimum atomic E-state index is -0.944. The van der Waals surface area contributed by atoms with Crippen molar-refractivity contribution in [3.63, 3.8) is 0 Å². The maximum absolute atomic E-state index is 11.9. The number of carbonyl (C=O) groups is 1. The van der Waals surface area contributed by atoms with E-state index in [1.54, 1.807) is 14.0 Å². The Morgan fingerprint density at radius 3 is 2.14 bits per heavy atom. The van der Waals surface area contributed by atoms with Gasteiger partial charge in [0, 0.05) is 16.5 Å². The summed E-state index contributed by atoms with van der Waals surface area (Å²) in [4.78, 5) is 11.9. The summed E-state index contributed by atoms with van der Waals surface area (Å²) in [5.74, 6) is -0.326. The highest BCUT2D eigenvalue weighted by molar-refractivity contribution is 6.11. The average molecular weight is 292 g/mol. The number of fused-ring (bicyclic) bond motifs is 1. The van der Waals surface area contributed by atoms with Crippen LogP contribution < -0.4 is 4.74 Å². The van der Waals surface area contributed by atoms with Gasteiger partial charge in [-0.2, -0.15) is 0 Å². The van der Waals surface area contributed by atoms with Crippen LogP contribution in [-0.4, -0.2) is 18.2 Å². The van der Waals surface area contributed by atoms with Gasteiger partial charge in [0.05, 0.1) is 12.7 Å². The van der Waals surface area contributed by atoms with Crippen LogP contribution in [0, 0.1) is 6.92 Å². The van der Waals surface area contributed by atoms with E-state index < -0.39 is 5.97 Å².